The molecule has 0 heterocycles. The van der Waals surface area contributed by atoms with Gasteiger partial charge in [0.1, 0.15) is 0 Å². The molecule has 0 aliphatic heterocycles. The van der Waals surface area contributed by atoms with Crippen LogP contribution in [0.25, 0.3) is 0 Å². The van der Waals surface area contributed by atoms with Crippen molar-refractivity contribution >= 4 is 6.98 Å². The SMILES string of the molecule is CCCCN(CCO)C[B-](F)(F)F.[K+]. The second-order valence-corrected chi connectivity index (χ2v) is 3.09. The summed E-state index contributed by atoms with van der Waals surface area (Å²) in [6.45, 7) is -2.52. The fourth-order valence-corrected chi connectivity index (χ4v) is 1.11. The van der Waals surface area contributed by atoms with Crippen LogP contribution in [0.4, 0.5) is 12.9 Å². The van der Waals surface area contributed by atoms with Crippen molar-refractivity contribution in [1.82, 2.24) is 4.90 Å². The van der Waals surface area contributed by atoms with Crippen molar-refractivity contribution in [3.63, 3.8) is 0 Å². The number of aliphatic hydroxyl groups excluding tert-OH is 1. The third kappa shape index (κ3) is 11.5. The van der Waals surface area contributed by atoms with E-state index in [0.717, 1.165) is 12.8 Å². The standard InChI is InChI=1S/C7H16BF3NO.K/c1-2-3-4-12(5-6-13)7-8(9,10)11;/h13H,2-7H2,1H3;/q-1;+1. The van der Waals surface area contributed by atoms with Gasteiger partial charge in [-0.05, 0) is 19.4 Å². The summed E-state index contributed by atoms with van der Waals surface area (Å²) in [6, 6.07) is 0. The molecule has 7 heteroatoms. The van der Waals surface area contributed by atoms with Crippen LogP contribution in [0, 0.1) is 0 Å². The van der Waals surface area contributed by atoms with Crippen molar-refractivity contribution < 1.29 is 69.4 Å². The molecular formula is C7H16BF3KNO. The predicted octanol–water partition coefficient (Wildman–Crippen LogP) is -1.53. The molecule has 0 bridgehead atoms. The summed E-state index contributed by atoms with van der Waals surface area (Å²) in [7, 11) is 0. The van der Waals surface area contributed by atoms with Gasteiger partial charge < -0.3 is 23.0 Å². The van der Waals surface area contributed by atoms with Crippen LogP contribution in [-0.4, -0.2) is 43.1 Å². The van der Waals surface area contributed by atoms with Gasteiger partial charge in [0.05, 0.1) is 6.61 Å². The number of aliphatic hydroxyl groups is 1. The van der Waals surface area contributed by atoms with Crippen molar-refractivity contribution in [2.24, 2.45) is 0 Å². The summed E-state index contributed by atoms with van der Waals surface area (Å²) in [5.74, 6) is 0. The molecule has 80 valence electrons. The van der Waals surface area contributed by atoms with Crippen LogP contribution in [0.2, 0.25) is 0 Å². The topological polar surface area (TPSA) is 23.5 Å². The third-order valence-electron chi connectivity index (χ3n) is 1.71. The molecule has 0 aromatic rings. The van der Waals surface area contributed by atoms with Crippen LogP contribution >= 0.6 is 0 Å². The van der Waals surface area contributed by atoms with Crippen LogP contribution in [0.5, 0.6) is 0 Å². The van der Waals surface area contributed by atoms with E-state index in [9.17, 15) is 12.9 Å². The Morgan fingerprint density at radius 3 is 2.14 bits per heavy atom. The Balaban J connectivity index is 0. The van der Waals surface area contributed by atoms with Gasteiger partial charge in [-0.3, -0.25) is 0 Å². The molecule has 0 amide bonds. The zero-order valence-corrected chi connectivity index (χ0v) is 12.0. The maximum Gasteiger partial charge on any atom is 1.00 e. The first kappa shape index (κ1) is 17.8. The number of hydrogen-bond donors (Lipinski definition) is 1. The van der Waals surface area contributed by atoms with E-state index in [2.05, 4.69) is 0 Å². The monoisotopic (exact) mass is 237 g/mol. The van der Waals surface area contributed by atoms with Gasteiger partial charge in [0.15, 0.2) is 0 Å². The number of hydrogen-bond acceptors (Lipinski definition) is 2. The Bertz CT molecular complexity index is 137. The average Bonchev–Trinajstić information content (AvgIpc) is 1.98. The van der Waals surface area contributed by atoms with Gasteiger partial charge >= 0.3 is 58.4 Å². The van der Waals surface area contributed by atoms with Crippen molar-refractivity contribution in [3.8, 4) is 0 Å². The molecule has 0 fully saturated rings. The predicted molar refractivity (Wildman–Crippen MR) is 47.5 cm³/mol. The summed E-state index contributed by atoms with van der Waals surface area (Å²) in [5.41, 5.74) is 0. The van der Waals surface area contributed by atoms with Crippen LogP contribution < -0.4 is 51.4 Å². The number of unbranched alkanes of at least 4 members (excludes halogenated alkanes) is 1. The van der Waals surface area contributed by atoms with E-state index < -0.39 is 13.4 Å². The minimum absolute atomic E-state index is 0. The zero-order valence-electron chi connectivity index (χ0n) is 8.85. The molecule has 0 aromatic heterocycles. The second kappa shape index (κ2) is 9.62. The summed E-state index contributed by atoms with van der Waals surface area (Å²) >= 11 is 0. The molecule has 0 atom stereocenters. The summed E-state index contributed by atoms with van der Waals surface area (Å²) in [4.78, 5) is 1.25. The molecule has 0 saturated heterocycles. The van der Waals surface area contributed by atoms with Crippen molar-refractivity contribution in [2.75, 3.05) is 26.1 Å². The maximum absolute atomic E-state index is 12.0. The third-order valence-corrected chi connectivity index (χ3v) is 1.71. The Labute approximate surface area is 126 Å². The fraction of sp³-hybridized carbons (Fsp3) is 1.00. The van der Waals surface area contributed by atoms with Gasteiger partial charge in [-0.1, -0.05) is 13.3 Å². The van der Waals surface area contributed by atoms with Crippen molar-refractivity contribution in [3.05, 3.63) is 0 Å². The van der Waals surface area contributed by atoms with Gasteiger partial charge in [0.25, 0.3) is 0 Å². The number of halogens is 3. The quantitative estimate of drug-likeness (QED) is 0.543. The van der Waals surface area contributed by atoms with E-state index in [4.69, 9.17) is 5.11 Å². The van der Waals surface area contributed by atoms with E-state index in [-0.39, 0.29) is 64.5 Å². The molecule has 0 aromatic carbocycles. The minimum Gasteiger partial charge on any atom is -0.448 e. The largest absolute Gasteiger partial charge is 1.00 e. The first-order chi connectivity index (χ1) is 5.99. The Morgan fingerprint density at radius 1 is 1.21 bits per heavy atom. The van der Waals surface area contributed by atoms with E-state index in [1.54, 1.807) is 0 Å². The fourth-order valence-electron chi connectivity index (χ4n) is 1.11. The van der Waals surface area contributed by atoms with Crippen LogP contribution in [0.3, 0.4) is 0 Å². The molecular weight excluding hydrogens is 221 g/mol. The average molecular weight is 237 g/mol. The second-order valence-electron chi connectivity index (χ2n) is 3.09. The summed E-state index contributed by atoms with van der Waals surface area (Å²) in [6.07, 6.45) is 0.750. The molecule has 0 aliphatic carbocycles. The van der Waals surface area contributed by atoms with E-state index in [1.807, 2.05) is 6.92 Å². The molecule has 2 nitrogen and oxygen atoms in total. The van der Waals surface area contributed by atoms with Crippen LogP contribution in [0.15, 0.2) is 0 Å². The number of nitrogens with zero attached hydrogens (tertiary/aromatic N) is 1. The van der Waals surface area contributed by atoms with Gasteiger partial charge in [-0.15, -0.1) is 0 Å². The van der Waals surface area contributed by atoms with Gasteiger partial charge in [-0.25, -0.2) is 0 Å². The molecule has 14 heavy (non-hydrogen) atoms. The smallest absolute Gasteiger partial charge is 0.448 e. The maximum atomic E-state index is 12.0. The van der Waals surface area contributed by atoms with Gasteiger partial charge in [-0.2, -0.15) is 0 Å². The first-order valence-electron chi connectivity index (χ1n) is 4.53. The molecule has 0 radical (unpaired) electrons. The normalized spacial score (nSPS) is 11.6. The Hall–Kier alpha value is 1.41. The summed E-state index contributed by atoms with van der Waals surface area (Å²) in [5, 5.41) is 8.53. The van der Waals surface area contributed by atoms with E-state index in [1.165, 1.54) is 4.90 Å². The molecule has 0 unspecified atom stereocenters. The molecule has 0 spiro atoms. The molecule has 0 rings (SSSR count). The molecule has 1 N–H and O–H groups in total. The molecule has 0 aliphatic rings. The van der Waals surface area contributed by atoms with Gasteiger partial charge in [0.2, 0.25) is 0 Å². The van der Waals surface area contributed by atoms with E-state index in [0.29, 0.717) is 6.54 Å². The first-order valence-corrected chi connectivity index (χ1v) is 4.53. The van der Waals surface area contributed by atoms with Gasteiger partial charge in [0, 0.05) is 6.54 Å². The number of rotatable bonds is 7. The summed E-state index contributed by atoms with van der Waals surface area (Å²) < 4.78 is 36.0. The van der Waals surface area contributed by atoms with Crippen LogP contribution in [0.1, 0.15) is 19.8 Å². The van der Waals surface area contributed by atoms with Crippen molar-refractivity contribution in [2.45, 2.75) is 19.8 Å². The Morgan fingerprint density at radius 2 is 1.79 bits per heavy atom. The van der Waals surface area contributed by atoms with Crippen molar-refractivity contribution in [1.29, 1.82) is 0 Å². The molecule has 0 saturated carbocycles. The van der Waals surface area contributed by atoms with Crippen LogP contribution in [-0.2, 0) is 0 Å². The van der Waals surface area contributed by atoms with E-state index >= 15 is 0 Å². The minimum atomic E-state index is -4.76. The Kier molecular flexibility index (Phi) is 12.2. The zero-order chi connectivity index (χ0) is 10.3.